The minimum atomic E-state index is -0.103. The molecule has 5 rings (SSSR count). The number of methoxy groups -OCH3 is 1. The molecule has 8 heteroatoms. The Labute approximate surface area is 181 Å². The van der Waals surface area contributed by atoms with Gasteiger partial charge in [-0.2, -0.15) is 5.10 Å². The van der Waals surface area contributed by atoms with Crippen LogP contribution in [0.15, 0.2) is 35.3 Å². The molecule has 0 amide bonds. The van der Waals surface area contributed by atoms with Crippen LogP contribution in [0.2, 0.25) is 0 Å². The van der Waals surface area contributed by atoms with Crippen molar-refractivity contribution in [3.8, 4) is 5.75 Å². The summed E-state index contributed by atoms with van der Waals surface area (Å²) in [4.78, 5) is 23.2. The molecular weight excluding hydrogens is 394 g/mol. The molecule has 0 aliphatic carbocycles. The number of fused-ring (bicyclic) bond motifs is 1. The van der Waals surface area contributed by atoms with Gasteiger partial charge in [-0.25, -0.2) is 9.67 Å². The standard InChI is InChI=1S/C23H29N5O3/c1-15-12-27(13-16-5-3-4-6-20(16)30-2)14-19(15)21-25-22-18(23(29)26-21)11-24-28(22)17-7-9-31-10-8-17/h3-6,11,15,17,19H,7-10,12-14H2,1-2H3,(H,25,26,29)/t15-,19-/m1/s1. The number of para-hydroxylation sites is 1. The lowest BCUT2D eigenvalue weighted by molar-refractivity contribution is 0.0673. The zero-order valence-corrected chi connectivity index (χ0v) is 18.1. The second-order valence-electron chi connectivity index (χ2n) is 8.71. The van der Waals surface area contributed by atoms with Crippen molar-refractivity contribution >= 4 is 11.0 Å². The quantitative estimate of drug-likeness (QED) is 0.679. The maximum Gasteiger partial charge on any atom is 0.262 e. The van der Waals surface area contributed by atoms with Gasteiger partial charge in [-0.1, -0.05) is 25.1 Å². The molecule has 0 bridgehead atoms. The molecule has 0 unspecified atom stereocenters. The summed E-state index contributed by atoms with van der Waals surface area (Å²) in [6.07, 6.45) is 3.44. The van der Waals surface area contributed by atoms with Crippen LogP contribution in [-0.2, 0) is 11.3 Å². The van der Waals surface area contributed by atoms with Crippen molar-refractivity contribution in [1.82, 2.24) is 24.6 Å². The number of benzene rings is 1. The number of likely N-dealkylation sites (tertiary alicyclic amines) is 1. The van der Waals surface area contributed by atoms with Gasteiger partial charge in [0.2, 0.25) is 0 Å². The molecule has 8 nitrogen and oxygen atoms in total. The Hall–Kier alpha value is -2.71. The summed E-state index contributed by atoms with van der Waals surface area (Å²) >= 11 is 0. The molecule has 2 fully saturated rings. The van der Waals surface area contributed by atoms with E-state index in [1.165, 1.54) is 5.56 Å². The summed E-state index contributed by atoms with van der Waals surface area (Å²) < 4.78 is 12.9. The van der Waals surface area contributed by atoms with Crippen molar-refractivity contribution in [1.29, 1.82) is 0 Å². The molecule has 4 heterocycles. The summed E-state index contributed by atoms with van der Waals surface area (Å²) in [5.41, 5.74) is 1.77. The lowest BCUT2D eigenvalue weighted by Gasteiger charge is -2.23. The van der Waals surface area contributed by atoms with Crippen molar-refractivity contribution in [2.75, 3.05) is 33.4 Å². The number of nitrogens with zero attached hydrogens (tertiary/aromatic N) is 4. The SMILES string of the molecule is COc1ccccc1CN1C[C@@H](C)[C@H](c2nc3c(cnn3C3CCOCC3)c(=O)[nH]2)C1. The van der Waals surface area contributed by atoms with Crippen molar-refractivity contribution in [3.63, 3.8) is 0 Å². The van der Waals surface area contributed by atoms with Crippen LogP contribution >= 0.6 is 0 Å². The van der Waals surface area contributed by atoms with E-state index < -0.39 is 0 Å². The first-order valence-electron chi connectivity index (χ1n) is 11.0. The molecule has 31 heavy (non-hydrogen) atoms. The molecule has 2 aromatic heterocycles. The molecule has 2 atom stereocenters. The van der Waals surface area contributed by atoms with Gasteiger partial charge in [0.15, 0.2) is 5.65 Å². The zero-order valence-electron chi connectivity index (χ0n) is 18.1. The molecule has 0 saturated carbocycles. The maximum absolute atomic E-state index is 12.8. The van der Waals surface area contributed by atoms with Gasteiger partial charge in [0.1, 0.15) is 17.0 Å². The summed E-state index contributed by atoms with van der Waals surface area (Å²) in [5.74, 6) is 2.23. The number of ether oxygens (including phenoxy) is 2. The fourth-order valence-electron chi connectivity index (χ4n) is 4.95. The summed E-state index contributed by atoms with van der Waals surface area (Å²) in [7, 11) is 1.71. The minimum absolute atomic E-state index is 0.103. The van der Waals surface area contributed by atoms with E-state index in [1.54, 1.807) is 13.3 Å². The Kier molecular flexibility index (Phi) is 5.50. The topological polar surface area (TPSA) is 85.3 Å². The highest BCUT2D eigenvalue weighted by Gasteiger charge is 2.33. The largest absolute Gasteiger partial charge is 0.496 e. The van der Waals surface area contributed by atoms with Crippen LogP contribution < -0.4 is 10.3 Å². The predicted molar refractivity (Wildman–Crippen MR) is 117 cm³/mol. The van der Waals surface area contributed by atoms with Gasteiger partial charge in [-0.3, -0.25) is 9.69 Å². The first-order chi connectivity index (χ1) is 15.1. The first kappa shape index (κ1) is 20.2. The Bertz CT molecular complexity index is 1120. The molecule has 1 aromatic carbocycles. The second kappa shape index (κ2) is 8.43. The molecule has 3 aromatic rings. The molecule has 2 aliphatic rings. The van der Waals surface area contributed by atoms with Gasteiger partial charge in [0.25, 0.3) is 5.56 Å². The van der Waals surface area contributed by atoms with Crippen molar-refractivity contribution in [2.45, 2.75) is 38.3 Å². The van der Waals surface area contributed by atoms with E-state index in [-0.39, 0.29) is 17.5 Å². The molecule has 1 N–H and O–H groups in total. The lowest BCUT2D eigenvalue weighted by Crippen LogP contribution is -2.23. The Morgan fingerprint density at radius 1 is 1.23 bits per heavy atom. The van der Waals surface area contributed by atoms with Gasteiger partial charge >= 0.3 is 0 Å². The van der Waals surface area contributed by atoms with Gasteiger partial charge in [0.05, 0.1) is 19.3 Å². The first-order valence-corrected chi connectivity index (χ1v) is 11.0. The number of H-pyrrole nitrogens is 1. The van der Waals surface area contributed by atoms with E-state index in [9.17, 15) is 4.79 Å². The zero-order chi connectivity index (χ0) is 21.4. The van der Waals surface area contributed by atoms with E-state index in [2.05, 4.69) is 28.0 Å². The van der Waals surface area contributed by atoms with E-state index in [4.69, 9.17) is 14.5 Å². The van der Waals surface area contributed by atoms with Crippen molar-refractivity contribution in [3.05, 3.63) is 52.2 Å². The smallest absolute Gasteiger partial charge is 0.262 e. The monoisotopic (exact) mass is 423 g/mol. The van der Waals surface area contributed by atoms with Gasteiger partial charge in [-0.05, 0) is 24.8 Å². The molecule has 0 spiro atoms. The van der Waals surface area contributed by atoms with E-state index >= 15 is 0 Å². The lowest BCUT2D eigenvalue weighted by atomic mass is 9.97. The molecule has 0 radical (unpaired) electrons. The van der Waals surface area contributed by atoms with Crippen LogP contribution in [0.3, 0.4) is 0 Å². The van der Waals surface area contributed by atoms with Crippen LogP contribution in [0.4, 0.5) is 0 Å². The van der Waals surface area contributed by atoms with Crippen molar-refractivity contribution in [2.24, 2.45) is 5.92 Å². The second-order valence-corrected chi connectivity index (χ2v) is 8.71. The predicted octanol–water partition coefficient (Wildman–Crippen LogP) is 2.72. The normalized spacial score (nSPS) is 22.9. The Balaban J connectivity index is 1.41. The van der Waals surface area contributed by atoms with Crippen LogP contribution in [0.5, 0.6) is 5.75 Å². The Morgan fingerprint density at radius 3 is 2.84 bits per heavy atom. The van der Waals surface area contributed by atoms with Gasteiger partial charge < -0.3 is 14.5 Å². The summed E-state index contributed by atoms with van der Waals surface area (Å²) in [5, 5.41) is 5.07. The third-order valence-corrected chi connectivity index (χ3v) is 6.64. The third-order valence-electron chi connectivity index (χ3n) is 6.64. The molecule has 164 valence electrons. The average Bonchev–Trinajstić information content (AvgIpc) is 3.38. The molecule has 2 saturated heterocycles. The summed E-state index contributed by atoms with van der Waals surface area (Å²) in [6.45, 7) is 6.28. The number of rotatable bonds is 5. The highest BCUT2D eigenvalue weighted by atomic mass is 16.5. The fraction of sp³-hybridized carbons (Fsp3) is 0.522. The number of aromatic nitrogens is 4. The molecular formula is C23H29N5O3. The van der Waals surface area contributed by atoms with Crippen LogP contribution in [0.25, 0.3) is 11.0 Å². The molecule has 2 aliphatic heterocycles. The number of nitrogens with one attached hydrogen (secondary N) is 1. The number of hydrogen-bond acceptors (Lipinski definition) is 6. The van der Waals surface area contributed by atoms with Gasteiger partial charge in [-0.15, -0.1) is 0 Å². The van der Waals surface area contributed by atoms with Crippen LogP contribution in [0, 0.1) is 5.92 Å². The van der Waals surface area contributed by atoms with Crippen LogP contribution in [0.1, 0.15) is 43.1 Å². The third kappa shape index (κ3) is 3.85. The van der Waals surface area contributed by atoms with Crippen molar-refractivity contribution < 1.29 is 9.47 Å². The van der Waals surface area contributed by atoms with E-state index in [0.717, 1.165) is 57.3 Å². The maximum atomic E-state index is 12.8. The summed E-state index contributed by atoms with van der Waals surface area (Å²) in [6, 6.07) is 8.37. The number of hydrogen-bond donors (Lipinski definition) is 1. The fourth-order valence-corrected chi connectivity index (χ4v) is 4.95. The highest BCUT2D eigenvalue weighted by molar-refractivity contribution is 5.73. The average molecular weight is 424 g/mol. The van der Waals surface area contributed by atoms with Gasteiger partial charge in [0, 0.05) is 44.3 Å². The highest BCUT2D eigenvalue weighted by Crippen LogP contribution is 2.33. The van der Waals surface area contributed by atoms with Crippen LogP contribution in [-0.4, -0.2) is 58.1 Å². The minimum Gasteiger partial charge on any atom is -0.496 e. The number of aromatic amines is 1. The Morgan fingerprint density at radius 2 is 2.03 bits per heavy atom. The van der Waals surface area contributed by atoms with E-state index in [0.29, 0.717) is 17.0 Å². The van der Waals surface area contributed by atoms with E-state index in [1.807, 2.05) is 22.9 Å².